The van der Waals surface area contributed by atoms with Gasteiger partial charge in [0, 0.05) is 28.4 Å². The molecule has 2 aliphatic carbocycles. The molecule has 1 aromatic carbocycles. The molecule has 0 spiro atoms. The zero-order valence-electron chi connectivity index (χ0n) is 12.2. The Morgan fingerprint density at radius 2 is 1.92 bits per heavy atom. The number of halogens is 2. The molecule has 0 radical (unpaired) electrons. The van der Waals surface area contributed by atoms with E-state index in [4.69, 9.17) is 34.0 Å². The van der Waals surface area contributed by atoms with Gasteiger partial charge in [0.2, 0.25) is 0 Å². The van der Waals surface area contributed by atoms with E-state index in [1.54, 1.807) is 18.2 Å². The van der Waals surface area contributed by atoms with Crippen molar-refractivity contribution in [1.29, 1.82) is 0 Å². The van der Waals surface area contributed by atoms with Crippen molar-refractivity contribution in [1.82, 2.24) is 0 Å². The fourth-order valence-electron chi connectivity index (χ4n) is 3.78. The van der Waals surface area contributed by atoms with Crippen molar-refractivity contribution < 1.29 is 24.9 Å². The molecule has 0 saturated heterocycles. The molecule has 2 aliphatic rings. The number of nitrogens with two attached hydrogens (primary N) is 1. The van der Waals surface area contributed by atoms with Crippen LogP contribution in [0.1, 0.15) is 0 Å². The molecular formula is C15H15Cl2NO5S. The standard InChI is InChI=1S/C15H15Cl2NO5S/c16-7-2-1-5(3-8(7)17)24-4-6-12(19)9-10(13(20)21)11(9)15(6,18)14(22)23/h1-3,6,9-12,19H,4,18H2,(H,20,21)(H,22,23). The normalized spacial score (nSPS) is 37.1. The fourth-order valence-corrected chi connectivity index (χ4v) is 5.35. The molecule has 5 N–H and O–H groups in total. The van der Waals surface area contributed by atoms with Crippen molar-refractivity contribution in [2.45, 2.75) is 16.5 Å². The van der Waals surface area contributed by atoms with Crippen LogP contribution in [0.3, 0.4) is 0 Å². The Kier molecular flexibility index (Phi) is 4.51. The van der Waals surface area contributed by atoms with Gasteiger partial charge in [-0.25, -0.2) is 0 Å². The molecule has 0 amide bonds. The molecule has 24 heavy (non-hydrogen) atoms. The van der Waals surface area contributed by atoms with E-state index in [0.29, 0.717) is 10.0 Å². The number of carboxylic acid groups (broad SMARTS) is 2. The van der Waals surface area contributed by atoms with Crippen molar-refractivity contribution in [2.24, 2.45) is 29.4 Å². The summed E-state index contributed by atoms with van der Waals surface area (Å²) in [6.07, 6.45) is -1.06. The van der Waals surface area contributed by atoms with E-state index >= 15 is 0 Å². The Hall–Kier alpha value is -0.990. The predicted molar refractivity (Wildman–Crippen MR) is 89.3 cm³/mol. The molecule has 1 aromatic rings. The summed E-state index contributed by atoms with van der Waals surface area (Å²) in [4.78, 5) is 23.7. The highest BCUT2D eigenvalue weighted by atomic mass is 35.5. The van der Waals surface area contributed by atoms with Gasteiger partial charge in [-0.3, -0.25) is 9.59 Å². The first kappa shape index (κ1) is 17.8. The number of hydrogen-bond acceptors (Lipinski definition) is 5. The first-order valence-corrected chi connectivity index (χ1v) is 8.94. The minimum Gasteiger partial charge on any atom is -0.481 e. The minimum absolute atomic E-state index is 0.237. The van der Waals surface area contributed by atoms with Gasteiger partial charge in [-0.1, -0.05) is 23.2 Å². The number of rotatable bonds is 5. The van der Waals surface area contributed by atoms with Crippen molar-refractivity contribution in [2.75, 3.05) is 5.75 Å². The lowest BCUT2D eigenvalue weighted by Crippen LogP contribution is -2.58. The van der Waals surface area contributed by atoms with Gasteiger partial charge in [0.15, 0.2) is 0 Å². The van der Waals surface area contributed by atoms with Crippen LogP contribution in [0, 0.1) is 23.7 Å². The first-order chi connectivity index (χ1) is 11.2. The number of hydrogen-bond donors (Lipinski definition) is 4. The number of fused-ring (bicyclic) bond motifs is 1. The number of aliphatic carboxylic acids is 2. The van der Waals surface area contributed by atoms with Crippen LogP contribution in [0.25, 0.3) is 0 Å². The van der Waals surface area contributed by atoms with Gasteiger partial charge in [0.1, 0.15) is 5.54 Å². The molecule has 130 valence electrons. The summed E-state index contributed by atoms with van der Waals surface area (Å²) in [5, 5.41) is 29.9. The van der Waals surface area contributed by atoms with E-state index in [1.165, 1.54) is 11.8 Å². The highest BCUT2D eigenvalue weighted by Gasteiger charge is 2.77. The molecule has 9 heteroatoms. The second-order valence-electron chi connectivity index (χ2n) is 6.19. The Balaban J connectivity index is 1.79. The molecule has 6 nitrogen and oxygen atoms in total. The Morgan fingerprint density at radius 1 is 1.25 bits per heavy atom. The molecule has 3 rings (SSSR count). The first-order valence-electron chi connectivity index (χ1n) is 7.20. The van der Waals surface area contributed by atoms with E-state index in [2.05, 4.69) is 0 Å². The highest BCUT2D eigenvalue weighted by Crippen LogP contribution is 2.64. The van der Waals surface area contributed by atoms with E-state index in [1.807, 2.05) is 0 Å². The average Bonchev–Trinajstić information content (AvgIpc) is 3.21. The lowest BCUT2D eigenvalue weighted by atomic mass is 9.81. The maximum absolute atomic E-state index is 11.7. The third-order valence-corrected chi connectivity index (χ3v) is 6.88. The third-order valence-electron chi connectivity index (χ3n) is 5.02. The number of thioether (sulfide) groups is 1. The van der Waals surface area contributed by atoms with Gasteiger partial charge in [-0.2, -0.15) is 0 Å². The quantitative estimate of drug-likeness (QED) is 0.564. The zero-order chi connectivity index (χ0) is 17.8. The summed E-state index contributed by atoms with van der Waals surface area (Å²) < 4.78 is 0. The fraction of sp³-hybridized carbons (Fsp3) is 0.467. The second kappa shape index (κ2) is 6.07. The summed E-state index contributed by atoms with van der Waals surface area (Å²) >= 11 is 13.1. The average molecular weight is 392 g/mol. The maximum atomic E-state index is 11.7. The topological polar surface area (TPSA) is 121 Å². The lowest BCUT2D eigenvalue weighted by Gasteiger charge is -2.32. The van der Waals surface area contributed by atoms with Crippen LogP contribution < -0.4 is 5.73 Å². The molecule has 2 fully saturated rings. The van der Waals surface area contributed by atoms with Crippen molar-refractivity contribution in [3.8, 4) is 0 Å². The van der Waals surface area contributed by atoms with Crippen molar-refractivity contribution in [3.63, 3.8) is 0 Å². The Morgan fingerprint density at radius 3 is 2.46 bits per heavy atom. The molecular weight excluding hydrogens is 377 g/mol. The summed E-state index contributed by atoms with van der Waals surface area (Å²) in [6, 6.07) is 5.01. The number of aliphatic hydroxyl groups is 1. The van der Waals surface area contributed by atoms with Gasteiger partial charge >= 0.3 is 11.9 Å². The molecule has 0 heterocycles. The van der Waals surface area contributed by atoms with E-state index in [-0.39, 0.29) is 5.75 Å². The third kappa shape index (κ3) is 2.59. The predicted octanol–water partition coefficient (Wildman–Crippen LogP) is 1.81. The van der Waals surface area contributed by atoms with Gasteiger partial charge in [-0.15, -0.1) is 11.8 Å². The minimum atomic E-state index is -1.75. The second-order valence-corrected chi connectivity index (χ2v) is 8.10. The van der Waals surface area contributed by atoms with Crippen LogP contribution in [-0.4, -0.2) is 44.7 Å². The van der Waals surface area contributed by atoms with Gasteiger partial charge in [0.05, 0.1) is 22.1 Å². The summed E-state index contributed by atoms with van der Waals surface area (Å²) in [6.45, 7) is 0. The van der Waals surface area contributed by atoms with Crippen molar-refractivity contribution in [3.05, 3.63) is 28.2 Å². The van der Waals surface area contributed by atoms with Crippen LogP contribution in [0.4, 0.5) is 0 Å². The van der Waals surface area contributed by atoms with Crippen LogP contribution in [0.5, 0.6) is 0 Å². The molecule has 0 aromatic heterocycles. The Bertz CT molecular complexity index is 717. The SMILES string of the molecule is NC1(C(=O)O)C(CSc2ccc(Cl)c(Cl)c2)C(O)C2C(C(=O)O)C21. The van der Waals surface area contributed by atoms with E-state index < -0.39 is 47.3 Å². The summed E-state index contributed by atoms with van der Waals surface area (Å²) in [5.41, 5.74) is 4.33. The zero-order valence-corrected chi connectivity index (χ0v) is 14.6. The van der Waals surface area contributed by atoms with Crippen molar-refractivity contribution >= 4 is 46.9 Å². The number of carboxylic acids is 2. The van der Waals surface area contributed by atoms with Crippen LogP contribution in [0.2, 0.25) is 10.0 Å². The van der Waals surface area contributed by atoms with Gasteiger partial charge < -0.3 is 21.1 Å². The number of benzene rings is 1. The maximum Gasteiger partial charge on any atom is 0.324 e. The highest BCUT2D eigenvalue weighted by molar-refractivity contribution is 7.99. The summed E-state index contributed by atoms with van der Waals surface area (Å²) in [7, 11) is 0. The van der Waals surface area contributed by atoms with Gasteiger partial charge in [0.25, 0.3) is 0 Å². The van der Waals surface area contributed by atoms with Crippen LogP contribution >= 0.6 is 35.0 Å². The lowest BCUT2D eigenvalue weighted by molar-refractivity contribution is -0.148. The largest absolute Gasteiger partial charge is 0.481 e. The smallest absolute Gasteiger partial charge is 0.324 e. The van der Waals surface area contributed by atoms with E-state index in [9.17, 15) is 19.8 Å². The number of aliphatic hydroxyl groups excluding tert-OH is 1. The van der Waals surface area contributed by atoms with Crippen LogP contribution in [-0.2, 0) is 9.59 Å². The van der Waals surface area contributed by atoms with Gasteiger partial charge in [-0.05, 0) is 18.2 Å². The number of carbonyl (C=O) groups is 2. The Labute approximate surface area is 151 Å². The molecule has 6 unspecified atom stereocenters. The molecule has 0 aliphatic heterocycles. The molecule has 0 bridgehead atoms. The van der Waals surface area contributed by atoms with E-state index in [0.717, 1.165) is 4.90 Å². The van der Waals surface area contributed by atoms with Crippen LogP contribution in [0.15, 0.2) is 23.1 Å². The monoisotopic (exact) mass is 391 g/mol. The summed E-state index contributed by atoms with van der Waals surface area (Å²) in [5.74, 6) is -5.16. The molecule has 6 atom stereocenters. The molecule has 2 saturated carbocycles.